The highest BCUT2D eigenvalue weighted by Crippen LogP contribution is 2.30. The van der Waals surface area contributed by atoms with Gasteiger partial charge in [0.15, 0.2) is 17.4 Å². The number of anilines is 1. The smallest absolute Gasteiger partial charge is 0.334 e. The number of methoxy groups -OCH3 is 1. The summed E-state index contributed by atoms with van der Waals surface area (Å²) in [4.78, 5) is 31.4. The number of nitrogen functional groups attached to an aromatic ring is 1. The van der Waals surface area contributed by atoms with Gasteiger partial charge in [-0.25, -0.2) is 9.36 Å². The number of H-pyrrole nitrogens is 1. The maximum Gasteiger partial charge on any atom is 0.334 e. The third-order valence-corrected chi connectivity index (χ3v) is 4.25. The highest BCUT2D eigenvalue weighted by atomic mass is 16.6. The Morgan fingerprint density at radius 1 is 1.40 bits per heavy atom. The molecule has 25 heavy (non-hydrogen) atoms. The van der Waals surface area contributed by atoms with Crippen LogP contribution in [0, 0.1) is 0 Å². The van der Waals surface area contributed by atoms with E-state index >= 15 is 0 Å². The average Bonchev–Trinajstić information content (AvgIpc) is 3.01. The molecule has 0 saturated carbocycles. The van der Waals surface area contributed by atoms with E-state index in [1.54, 1.807) is 0 Å². The Hall–Kier alpha value is -2.25. The second-order valence-corrected chi connectivity index (χ2v) is 5.71. The number of hydrogen-bond acceptors (Lipinski definition) is 9. The highest BCUT2D eigenvalue weighted by Gasteiger charge is 2.45. The number of aromatic nitrogens is 4. The molecule has 0 radical (unpaired) electrons. The quantitative estimate of drug-likeness (QED) is 0.388. The molecule has 0 aliphatic carbocycles. The van der Waals surface area contributed by atoms with Gasteiger partial charge in [-0.2, -0.15) is 4.98 Å². The molecule has 12 heteroatoms. The molecule has 0 amide bonds. The van der Waals surface area contributed by atoms with Crippen LogP contribution in [0.5, 0.6) is 0 Å². The van der Waals surface area contributed by atoms with E-state index in [9.17, 15) is 24.9 Å². The lowest BCUT2D eigenvalue weighted by Gasteiger charge is -2.16. The van der Waals surface area contributed by atoms with Gasteiger partial charge in [0.1, 0.15) is 24.5 Å². The van der Waals surface area contributed by atoms with Crippen molar-refractivity contribution in [3.05, 3.63) is 20.8 Å². The first-order chi connectivity index (χ1) is 11.8. The number of aromatic amines is 1. The fourth-order valence-electron chi connectivity index (χ4n) is 2.92. The van der Waals surface area contributed by atoms with Gasteiger partial charge in [-0.05, 0) is 6.92 Å². The molecule has 1 fully saturated rings. The molecule has 0 bridgehead atoms. The van der Waals surface area contributed by atoms with Gasteiger partial charge in [-0.1, -0.05) is 0 Å². The van der Waals surface area contributed by atoms with Crippen molar-refractivity contribution in [2.24, 2.45) is 0 Å². The molecule has 0 spiro atoms. The summed E-state index contributed by atoms with van der Waals surface area (Å²) >= 11 is 0. The Kier molecular flexibility index (Phi) is 4.38. The number of aliphatic hydroxyl groups excluding tert-OH is 3. The normalized spacial score (nSPS) is 27.9. The zero-order chi connectivity index (χ0) is 18.5. The Morgan fingerprint density at radius 3 is 2.64 bits per heavy atom. The van der Waals surface area contributed by atoms with E-state index in [-0.39, 0.29) is 17.1 Å². The topological polar surface area (TPSA) is 178 Å². The SMILES string of the molecule is COC(C)n1c(=O)n([C@@H]2O[C@H](CO)[C@@H](O)[C@H]2O)c2nc(N)[nH]c(=O)c21. The van der Waals surface area contributed by atoms with Crippen LogP contribution in [-0.2, 0) is 9.47 Å². The molecular formula is C13H19N5O7. The minimum atomic E-state index is -1.52. The van der Waals surface area contributed by atoms with Crippen LogP contribution in [0.1, 0.15) is 19.4 Å². The first kappa shape index (κ1) is 17.6. The molecular weight excluding hydrogens is 338 g/mol. The van der Waals surface area contributed by atoms with E-state index in [4.69, 9.17) is 15.2 Å². The van der Waals surface area contributed by atoms with E-state index in [0.717, 1.165) is 9.13 Å². The molecule has 1 saturated heterocycles. The van der Waals surface area contributed by atoms with Crippen LogP contribution >= 0.6 is 0 Å². The number of nitrogens with zero attached hydrogens (tertiary/aromatic N) is 3. The zero-order valence-electron chi connectivity index (χ0n) is 13.5. The first-order valence-electron chi connectivity index (χ1n) is 7.49. The molecule has 2 aromatic rings. The van der Waals surface area contributed by atoms with Crippen LogP contribution in [-0.4, -0.2) is 66.5 Å². The lowest BCUT2D eigenvalue weighted by Crippen LogP contribution is -2.36. The minimum Gasteiger partial charge on any atom is -0.394 e. The van der Waals surface area contributed by atoms with Crippen molar-refractivity contribution in [3.63, 3.8) is 0 Å². The average molecular weight is 357 g/mol. The molecule has 0 aromatic carbocycles. The summed E-state index contributed by atoms with van der Waals surface area (Å²) in [6.07, 6.45) is -6.21. The van der Waals surface area contributed by atoms with Crippen LogP contribution in [0.3, 0.4) is 0 Å². The van der Waals surface area contributed by atoms with E-state index in [1.165, 1.54) is 14.0 Å². The van der Waals surface area contributed by atoms with E-state index < -0.39 is 48.6 Å². The summed E-state index contributed by atoms with van der Waals surface area (Å²) < 4.78 is 12.5. The van der Waals surface area contributed by atoms with Crippen LogP contribution in [0.25, 0.3) is 11.2 Å². The fourth-order valence-corrected chi connectivity index (χ4v) is 2.92. The number of nitrogens with one attached hydrogen (secondary N) is 1. The van der Waals surface area contributed by atoms with Crippen molar-refractivity contribution in [3.8, 4) is 0 Å². The van der Waals surface area contributed by atoms with Crippen LogP contribution in [0.2, 0.25) is 0 Å². The van der Waals surface area contributed by atoms with Crippen LogP contribution in [0.15, 0.2) is 9.59 Å². The van der Waals surface area contributed by atoms with Gasteiger partial charge in [-0.3, -0.25) is 14.3 Å². The molecule has 1 unspecified atom stereocenters. The lowest BCUT2D eigenvalue weighted by atomic mass is 10.1. The van der Waals surface area contributed by atoms with Gasteiger partial charge in [-0.15, -0.1) is 0 Å². The molecule has 5 atom stereocenters. The summed E-state index contributed by atoms with van der Waals surface area (Å²) in [6.45, 7) is 0.977. The predicted octanol–water partition coefficient (Wildman–Crippen LogP) is -2.76. The molecule has 3 rings (SSSR count). The first-order valence-corrected chi connectivity index (χ1v) is 7.49. The Labute approximate surface area is 140 Å². The summed E-state index contributed by atoms with van der Waals surface area (Å²) in [5.41, 5.74) is 3.89. The molecule has 2 aromatic heterocycles. The second kappa shape index (κ2) is 6.24. The molecule has 3 heterocycles. The molecule has 138 valence electrons. The summed E-state index contributed by atoms with van der Waals surface area (Å²) in [5, 5.41) is 29.4. The zero-order valence-corrected chi connectivity index (χ0v) is 13.5. The summed E-state index contributed by atoms with van der Waals surface area (Å²) in [6, 6.07) is 0. The molecule has 6 N–H and O–H groups in total. The number of hydrogen-bond donors (Lipinski definition) is 5. The fraction of sp³-hybridized carbons (Fsp3) is 0.615. The van der Waals surface area contributed by atoms with Gasteiger partial charge in [0.2, 0.25) is 5.95 Å². The van der Waals surface area contributed by atoms with Crippen molar-refractivity contribution in [2.75, 3.05) is 19.5 Å². The second-order valence-electron chi connectivity index (χ2n) is 5.71. The summed E-state index contributed by atoms with van der Waals surface area (Å²) in [7, 11) is 1.35. The number of aliphatic hydroxyl groups is 3. The van der Waals surface area contributed by atoms with Gasteiger partial charge in [0.25, 0.3) is 5.56 Å². The van der Waals surface area contributed by atoms with E-state index in [1.807, 2.05) is 0 Å². The number of nitrogens with two attached hydrogens (primary N) is 1. The molecule has 12 nitrogen and oxygen atoms in total. The molecule has 1 aliphatic heterocycles. The number of ether oxygens (including phenoxy) is 2. The minimum absolute atomic E-state index is 0.119. The Morgan fingerprint density at radius 2 is 2.08 bits per heavy atom. The highest BCUT2D eigenvalue weighted by molar-refractivity contribution is 5.72. The van der Waals surface area contributed by atoms with Crippen LogP contribution in [0.4, 0.5) is 5.95 Å². The Bertz CT molecular complexity index is 903. The van der Waals surface area contributed by atoms with Crippen LogP contribution < -0.4 is 17.0 Å². The van der Waals surface area contributed by atoms with Crippen molar-refractivity contribution in [1.29, 1.82) is 0 Å². The standard InChI is InChI=1S/C13H19N5O7/c1-4(24-2)17-6-9(15-12(14)16-10(6)22)18(13(17)23)11-8(21)7(20)5(3-19)25-11/h4-5,7-8,11,19-21H,3H2,1-2H3,(H3,14,15,16,22)/t4?,5-,7-,8-,11-/m1/s1. The van der Waals surface area contributed by atoms with Crippen molar-refractivity contribution in [2.45, 2.75) is 37.7 Å². The van der Waals surface area contributed by atoms with Crippen molar-refractivity contribution >= 4 is 17.1 Å². The van der Waals surface area contributed by atoms with E-state index in [0.29, 0.717) is 0 Å². The van der Waals surface area contributed by atoms with Gasteiger partial charge in [0, 0.05) is 7.11 Å². The van der Waals surface area contributed by atoms with Crippen molar-refractivity contribution < 1.29 is 24.8 Å². The molecule has 1 aliphatic rings. The predicted molar refractivity (Wildman–Crippen MR) is 83.8 cm³/mol. The Balaban J connectivity index is 2.31. The third kappa shape index (κ3) is 2.54. The largest absolute Gasteiger partial charge is 0.394 e. The van der Waals surface area contributed by atoms with Crippen molar-refractivity contribution in [1.82, 2.24) is 19.1 Å². The number of fused-ring (bicyclic) bond motifs is 1. The maximum absolute atomic E-state index is 12.9. The van der Waals surface area contributed by atoms with Gasteiger partial charge in [0.05, 0.1) is 6.61 Å². The monoisotopic (exact) mass is 357 g/mol. The van der Waals surface area contributed by atoms with Gasteiger partial charge >= 0.3 is 5.69 Å². The third-order valence-electron chi connectivity index (χ3n) is 4.25. The maximum atomic E-state index is 12.9. The van der Waals surface area contributed by atoms with E-state index in [2.05, 4.69) is 9.97 Å². The number of rotatable bonds is 4. The summed E-state index contributed by atoms with van der Waals surface area (Å²) in [5.74, 6) is -0.236. The lowest BCUT2D eigenvalue weighted by molar-refractivity contribution is -0.0536. The van der Waals surface area contributed by atoms with Gasteiger partial charge < -0.3 is 30.5 Å². The number of imidazole rings is 1.